The number of hydrogen-bond acceptors (Lipinski definition) is 5. The van der Waals surface area contributed by atoms with E-state index in [0.29, 0.717) is 19.3 Å². The number of carbonyl (C=O) groups excluding carboxylic acids is 1. The number of aliphatic hydroxyl groups is 3. The Balaban J connectivity index is 1.14. The summed E-state index contributed by atoms with van der Waals surface area (Å²) in [4.78, 5) is 13.8. The number of carbonyl (C=O) groups is 1. The molecular weight excluding hydrogens is 557 g/mol. The normalized spacial score (nSPS) is 34.6. The molecule has 0 radical (unpaired) electrons. The first-order valence-corrected chi connectivity index (χ1v) is 16.0. The van der Waals surface area contributed by atoms with Crippen LogP contribution < -0.4 is 5.32 Å². The Morgan fingerprint density at radius 1 is 1.14 bits per heavy atom. The van der Waals surface area contributed by atoms with Gasteiger partial charge < -0.3 is 20.6 Å². The minimum atomic E-state index is -1.62. The van der Waals surface area contributed by atoms with Crippen molar-refractivity contribution in [2.24, 2.45) is 28.6 Å². The van der Waals surface area contributed by atoms with Crippen LogP contribution in [0.1, 0.15) is 62.8 Å². The summed E-state index contributed by atoms with van der Waals surface area (Å²) in [5, 5.41) is 41.8. The number of rotatable bonds is 6. The lowest BCUT2D eigenvalue weighted by molar-refractivity contribution is -0.181. The average Bonchev–Trinajstić information content (AvgIpc) is 3.53. The minimum Gasteiger partial charge on any atom is -0.394 e. The van der Waals surface area contributed by atoms with E-state index in [1.54, 1.807) is 12.1 Å². The van der Waals surface area contributed by atoms with Crippen molar-refractivity contribution < 1.29 is 24.5 Å². The van der Waals surface area contributed by atoms with E-state index in [1.165, 1.54) is 17.7 Å². The molecule has 0 bridgehead atoms. The molecule has 1 amide bonds. The Bertz CT molecular complexity index is 1590. The number of hydrogen-bond donors (Lipinski definition) is 4. The zero-order valence-electron chi connectivity index (χ0n) is 25.4. The highest BCUT2D eigenvalue weighted by Crippen LogP contribution is 2.67. The molecule has 3 aromatic rings. The molecule has 2 aromatic carbocycles. The van der Waals surface area contributed by atoms with Gasteiger partial charge in [-0.3, -0.25) is 4.79 Å². The largest absolute Gasteiger partial charge is 0.394 e. The number of fused-ring (bicyclic) bond motifs is 6. The van der Waals surface area contributed by atoms with Crippen molar-refractivity contribution in [3.63, 3.8) is 0 Å². The zero-order chi connectivity index (χ0) is 30.9. The van der Waals surface area contributed by atoms with Crippen molar-refractivity contribution in [2.75, 3.05) is 6.61 Å². The molecule has 0 spiro atoms. The molecule has 232 valence electrons. The van der Waals surface area contributed by atoms with Crippen molar-refractivity contribution in [3.8, 4) is 5.69 Å². The summed E-state index contributed by atoms with van der Waals surface area (Å²) in [6.45, 7) is 4.04. The number of nitrogens with one attached hydrogen (secondary N) is 1. The van der Waals surface area contributed by atoms with Gasteiger partial charge in [-0.05, 0) is 110 Å². The van der Waals surface area contributed by atoms with Crippen LogP contribution in [0.2, 0.25) is 0 Å². The summed E-state index contributed by atoms with van der Waals surface area (Å²) < 4.78 is 15.5. The highest BCUT2D eigenvalue weighted by molar-refractivity contribution is 5.87. The number of aromatic nitrogens is 2. The smallest absolute Gasteiger partial charge is 0.252 e. The second-order valence-electron chi connectivity index (χ2n) is 14.2. The van der Waals surface area contributed by atoms with Gasteiger partial charge >= 0.3 is 0 Å². The number of allylic oxidation sites excluding steroid dienone is 1. The molecule has 44 heavy (non-hydrogen) atoms. The number of aliphatic hydroxyl groups excluding tert-OH is 2. The molecule has 4 aliphatic rings. The summed E-state index contributed by atoms with van der Waals surface area (Å²) in [6, 6.07) is 15.6. The van der Waals surface area contributed by atoms with Crippen LogP contribution in [0.25, 0.3) is 11.8 Å². The molecular formula is C36H42FN3O4. The standard InChI is InChI=1S/C36H42FN3O4/c1-34-18-23-20-38-40(27-11-9-25(37)10-12-27)30(23)17-24(34)8-13-28-29-14-15-36(44,35(29,2)19-31(42)32(28)34)33(43)39-26(21-41)16-22-6-4-3-5-7-22/h3-7,9-12,17,20,26,28-29,31-32,41-42,44H,8,13-16,18-19,21H2,1-2H3,(H,39,43). The molecule has 1 aromatic heterocycles. The number of benzene rings is 2. The fraction of sp³-hybridized carbons (Fsp3) is 0.500. The molecule has 3 saturated carbocycles. The van der Waals surface area contributed by atoms with Gasteiger partial charge in [-0.15, -0.1) is 0 Å². The summed E-state index contributed by atoms with van der Waals surface area (Å²) in [5.74, 6) is -0.471. The van der Waals surface area contributed by atoms with E-state index in [2.05, 4.69) is 23.4 Å². The van der Waals surface area contributed by atoms with E-state index in [-0.39, 0.29) is 35.6 Å². The van der Waals surface area contributed by atoms with Crippen molar-refractivity contribution in [1.82, 2.24) is 15.1 Å². The van der Waals surface area contributed by atoms with E-state index in [0.717, 1.165) is 48.2 Å². The third-order valence-corrected chi connectivity index (χ3v) is 11.9. The number of amides is 1. The van der Waals surface area contributed by atoms with Crippen molar-refractivity contribution in [1.29, 1.82) is 0 Å². The van der Waals surface area contributed by atoms with Gasteiger partial charge in [0.2, 0.25) is 0 Å². The SMILES string of the molecule is CC12Cc3cnn(-c4ccc(F)cc4)c3C=C1CCC1C2C(O)CC2(C)C1CCC2(O)C(=O)NC(CO)Cc1ccccc1. The Kier molecular flexibility index (Phi) is 7.11. The average molecular weight is 600 g/mol. The van der Waals surface area contributed by atoms with Gasteiger partial charge in [-0.2, -0.15) is 5.10 Å². The molecule has 8 atom stereocenters. The van der Waals surface area contributed by atoms with Crippen molar-refractivity contribution in [3.05, 3.63) is 89.0 Å². The predicted octanol–water partition coefficient (Wildman–Crippen LogP) is 4.62. The van der Waals surface area contributed by atoms with Crippen molar-refractivity contribution in [2.45, 2.75) is 76.5 Å². The minimum absolute atomic E-state index is 0.00317. The quantitative estimate of drug-likeness (QED) is 0.331. The van der Waals surface area contributed by atoms with Crippen LogP contribution in [-0.4, -0.2) is 55.4 Å². The lowest BCUT2D eigenvalue weighted by Gasteiger charge is -2.60. The Morgan fingerprint density at radius 3 is 2.61 bits per heavy atom. The Labute approximate surface area is 257 Å². The van der Waals surface area contributed by atoms with Crippen LogP contribution in [0.3, 0.4) is 0 Å². The molecule has 8 heteroatoms. The van der Waals surface area contributed by atoms with E-state index >= 15 is 0 Å². The summed E-state index contributed by atoms with van der Waals surface area (Å²) in [5.41, 5.74) is 2.56. The van der Waals surface area contributed by atoms with Crippen LogP contribution in [0.15, 0.2) is 66.4 Å². The van der Waals surface area contributed by atoms with Gasteiger partial charge in [0.1, 0.15) is 11.4 Å². The molecule has 4 aliphatic carbocycles. The molecule has 7 rings (SSSR count). The van der Waals surface area contributed by atoms with Crippen LogP contribution in [0.4, 0.5) is 4.39 Å². The Morgan fingerprint density at radius 2 is 1.89 bits per heavy atom. The summed E-state index contributed by atoms with van der Waals surface area (Å²) in [6.07, 6.45) is 7.83. The third-order valence-electron chi connectivity index (χ3n) is 11.9. The second-order valence-corrected chi connectivity index (χ2v) is 14.2. The highest BCUT2D eigenvalue weighted by Gasteiger charge is 2.68. The van der Waals surface area contributed by atoms with Gasteiger partial charge in [-0.25, -0.2) is 9.07 Å². The lowest BCUT2D eigenvalue weighted by Crippen LogP contribution is -2.64. The Hall–Kier alpha value is -3.33. The second kappa shape index (κ2) is 10.6. The van der Waals surface area contributed by atoms with Crippen LogP contribution in [-0.2, 0) is 17.6 Å². The third kappa shape index (κ3) is 4.40. The topological polar surface area (TPSA) is 108 Å². The van der Waals surface area contributed by atoms with Crippen LogP contribution >= 0.6 is 0 Å². The fourth-order valence-electron chi connectivity index (χ4n) is 9.72. The first-order chi connectivity index (χ1) is 21.1. The molecule has 7 nitrogen and oxygen atoms in total. The number of nitrogens with zero attached hydrogens (tertiary/aromatic N) is 2. The molecule has 1 heterocycles. The first-order valence-electron chi connectivity index (χ1n) is 16.0. The highest BCUT2D eigenvalue weighted by atomic mass is 19.1. The maximum absolute atomic E-state index is 13.8. The predicted molar refractivity (Wildman–Crippen MR) is 165 cm³/mol. The van der Waals surface area contributed by atoms with Gasteiger partial charge in [0.15, 0.2) is 0 Å². The lowest BCUT2D eigenvalue weighted by atomic mass is 9.45. The van der Waals surface area contributed by atoms with Gasteiger partial charge in [-0.1, -0.05) is 49.8 Å². The van der Waals surface area contributed by atoms with Crippen molar-refractivity contribution >= 4 is 12.0 Å². The molecule has 0 aliphatic heterocycles. The van der Waals surface area contributed by atoms with E-state index in [1.807, 2.05) is 48.1 Å². The molecule has 8 unspecified atom stereocenters. The van der Waals surface area contributed by atoms with Gasteiger partial charge in [0.25, 0.3) is 5.91 Å². The van der Waals surface area contributed by atoms with E-state index < -0.39 is 29.1 Å². The van der Waals surface area contributed by atoms with Crippen LogP contribution in [0.5, 0.6) is 0 Å². The van der Waals surface area contributed by atoms with E-state index in [9.17, 15) is 24.5 Å². The maximum Gasteiger partial charge on any atom is 0.252 e. The monoisotopic (exact) mass is 599 g/mol. The number of halogens is 1. The van der Waals surface area contributed by atoms with E-state index in [4.69, 9.17) is 0 Å². The molecule has 0 saturated heterocycles. The summed E-state index contributed by atoms with van der Waals surface area (Å²) >= 11 is 0. The van der Waals surface area contributed by atoms with Gasteiger partial charge in [0, 0.05) is 5.41 Å². The summed E-state index contributed by atoms with van der Waals surface area (Å²) in [7, 11) is 0. The maximum atomic E-state index is 13.8. The zero-order valence-corrected chi connectivity index (χ0v) is 25.4. The molecule has 4 N–H and O–H groups in total. The van der Waals surface area contributed by atoms with Crippen LogP contribution in [0, 0.1) is 34.4 Å². The molecule has 3 fully saturated rings. The first kappa shape index (κ1) is 29.4. The fourth-order valence-corrected chi connectivity index (χ4v) is 9.72. The van der Waals surface area contributed by atoms with Gasteiger partial charge in [0.05, 0.1) is 36.3 Å².